The molecule has 0 saturated heterocycles. The first-order valence-electron chi connectivity index (χ1n) is 6.25. The van der Waals surface area contributed by atoms with Gasteiger partial charge in [-0.2, -0.15) is 0 Å². The van der Waals surface area contributed by atoms with E-state index in [1.807, 2.05) is 6.07 Å². The molecule has 2 heteroatoms. The molecule has 1 aromatic carbocycles. The normalized spacial score (nSPS) is 22.9. The number of benzene rings is 1. The molecule has 16 heavy (non-hydrogen) atoms. The molecule has 0 amide bonds. The second kappa shape index (κ2) is 3.56. The van der Waals surface area contributed by atoms with Gasteiger partial charge in [0.2, 0.25) is 0 Å². The van der Waals surface area contributed by atoms with Crippen molar-refractivity contribution in [2.75, 3.05) is 6.54 Å². The van der Waals surface area contributed by atoms with Crippen LogP contribution >= 0.6 is 0 Å². The summed E-state index contributed by atoms with van der Waals surface area (Å²) in [6, 6.07) is 5.82. The van der Waals surface area contributed by atoms with Crippen molar-refractivity contribution in [3.05, 3.63) is 35.1 Å². The molecule has 86 valence electrons. The maximum atomic E-state index is 13.9. The summed E-state index contributed by atoms with van der Waals surface area (Å²) in [6.07, 6.45) is 5.76. The zero-order chi connectivity index (χ0) is 11.2. The number of hydrogen-bond acceptors (Lipinski definition) is 1. The van der Waals surface area contributed by atoms with Gasteiger partial charge in [0.05, 0.1) is 0 Å². The Morgan fingerprint density at radius 1 is 1.31 bits per heavy atom. The molecule has 2 saturated carbocycles. The minimum atomic E-state index is -0.0141. The van der Waals surface area contributed by atoms with E-state index in [1.165, 1.54) is 6.42 Å². The van der Waals surface area contributed by atoms with Crippen LogP contribution in [0.25, 0.3) is 0 Å². The van der Waals surface area contributed by atoms with Gasteiger partial charge in [0.1, 0.15) is 5.82 Å². The number of nitrogens with two attached hydrogens (primary N) is 1. The van der Waals surface area contributed by atoms with Gasteiger partial charge < -0.3 is 5.73 Å². The molecule has 1 aromatic rings. The Bertz CT molecular complexity index is 400. The lowest BCUT2D eigenvalue weighted by molar-refractivity contribution is 0.252. The predicted octanol–water partition coefficient (Wildman–Crippen LogP) is 3.08. The van der Waals surface area contributed by atoms with Gasteiger partial charge in [-0.1, -0.05) is 18.6 Å². The third kappa shape index (κ3) is 1.47. The molecular weight excluding hydrogens is 201 g/mol. The van der Waals surface area contributed by atoms with E-state index in [4.69, 9.17) is 5.73 Å². The molecule has 0 aromatic heterocycles. The van der Waals surface area contributed by atoms with Crippen molar-refractivity contribution in [3.8, 4) is 0 Å². The van der Waals surface area contributed by atoms with Crippen LogP contribution in [0.15, 0.2) is 18.2 Å². The van der Waals surface area contributed by atoms with Gasteiger partial charge in [-0.3, -0.25) is 0 Å². The molecule has 0 aliphatic heterocycles. The van der Waals surface area contributed by atoms with Crippen LogP contribution in [0.5, 0.6) is 0 Å². The zero-order valence-corrected chi connectivity index (χ0v) is 9.51. The quantitative estimate of drug-likeness (QED) is 0.830. The van der Waals surface area contributed by atoms with Crippen LogP contribution in [0.4, 0.5) is 4.39 Å². The van der Waals surface area contributed by atoms with Crippen LogP contribution in [-0.2, 0) is 5.41 Å². The molecule has 0 heterocycles. The van der Waals surface area contributed by atoms with Gasteiger partial charge in [0.25, 0.3) is 0 Å². The van der Waals surface area contributed by atoms with E-state index >= 15 is 0 Å². The maximum Gasteiger partial charge on any atom is 0.126 e. The maximum absolute atomic E-state index is 13.9. The lowest BCUT2D eigenvalue weighted by atomic mass is 9.64. The van der Waals surface area contributed by atoms with Crippen molar-refractivity contribution in [2.24, 2.45) is 5.73 Å². The summed E-state index contributed by atoms with van der Waals surface area (Å²) in [5, 5.41) is 0. The summed E-state index contributed by atoms with van der Waals surface area (Å²) in [5.41, 5.74) is 7.95. The first-order chi connectivity index (χ1) is 7.75. The highest BCUT2D eigenvalue weighted by Gasteiger charge is 2.38. The minimum absolute atomic E-state index is 0.0141. The zero-order valence-electron chi connectivity index (χ0n) is 9.51. The Morgan fingerprint density at radius 3 is 2.50 bits per heavy atom. The van der Waals surface area contributed by atoms with E-state index in [0.717, 1.165) is 36.8 Å². The SMILES string of the molecule is NCC1(c2ccc(C3CC3)c(F)c2)CCC1. The number of hydrogen-bond donors (Lipinski definition) is 1. The molecule has 2 N–H and O–H groups in total. The standard InChI is InChI=1S/C14H18FN/c15-13-8-11(14(9-16)6-1-7-14)4-5-12(13)10-2-3-10/h4-5,8,10H,1-3,6-7,9,16H2. The summed E-state index contributed by atoms with van der Waals surface area (Å²) in [6.45, 7) is 0.648. The predicted molar refractivity (Wildman–Crippen MR) is 63.0 cm³/mol. The van der Waals surface area contributed by atoms with Crippen LogP contribution in [0.2, 0.25) is 0 Å². The molecular formula is C14H18FN. The lowest BCUT2D eigenvalue weighted by Gasteiger charge is -2.41. The smallest absolute Gasteiger partial charge is 0.126 e. The minimum Gasteiger partial charge on any atom is -0.330 e. The van der Waals surface area contributed by atoms with Gasteiger partial charge >= 0.3 is 0 Å². The van der Waals surface area contributed by atoms with Crippen molar-refractivity contribution >= 4 is 0 Å². The third-order valence-electron chi connectivity index (χ3n) is 4.33. The molecule has 3 rings (SSSR count). The van der Waals surface area contributed by atoms with E-state index in [0.29, 0.717) is 12.5 Å². The largest absolute Gasteiger partial charge is 0.330 e. The first kappa shape index (κ1) is 10.3. The van der Waals surface area contributed by atoms with E-state index < -0.39 is 0 Å². The number of rotatable bonds is 3. The van der Waals surface area contributed by atoms with Gasteiger partial charge in [0, 0.05) is 12.0 Å². The van der Waals surface area contributed by atoms with Crippen LogP contribution in [-0.4, -0.2) is 6.54 Å². The van der Waals surface area contributed by atoms with Crippen LogP contribution in [0.3, 0.4) is 0 Å². The first-order valence-corrected chi connectivity index (χ1v) is 6.25. The molecule has 2 aliphatic carbocycles. The van der Waals surface area contributed by atoms with Gasteiger partial charge in [0.15, 0.2) is 0 Å². The van der Waals surface area contributed by atoms with E-state index in [-0.39, 0.29) is 11.2 Å². The average Bonchev–Trinajstić information content (AvgIpc) is 3.01. The van der Waals surface area contributed by atoms with E-state index in [9.17, 15) is 4.39 Å². The van der Waals surface area contributed by atoms with Crippen molar-refractivity contribution in [2.45, 2.75) is 43.4 Å². The molecule has 0 radical (unpaired) electrons. The molecule has 0 atom stereocenters. The van der Waals surface area contributed by atoms with Gasteiger partial charge in [-0.25, -0.2) is 4.39 Å². The summed E-state index contributed by atoms with van der Waals surface area (Å²) in [7, 11) is 0. The topological polar surface area (TPSA) is 26.0 Å². The van der Waals surface area contributed by atoms with Crippen molar-refractivity contribution in [1.82, 2.24) is 0 Å². The molecule has 2 fully saturated rings. The fraction of sp³-hybridized carbons (Fsp3) is 0.571. The Morgan fingerprint density at radius 2 is 2.06 bits per heavy atom. The molecule has 0 unspecified atom stereocenters. The Balaban J connectivity index is 1.93. The van der Waals surface area contributed by atoms with Gasteiger partial charge in [-0.15, -0.1) is 0 Å². The molecule has 0 spiro atoms. The van der Waals surface area contributed by atoms with Gasteiger partial charge in [-0.05, 0) is 48.8 Å². The highest BCUT2D eigenvalue weighted by molar-refractivity contribution is 5.35. The highest BCUT2D eigenvalue weighted by atomic mass is 19.1. The monoisotopic (exact) mass is 219 g/mol. The number of halogens is 1. The summed E-state index contributed by atoms with van der Waals surface area (Å²) >= 11 is 0. The Hall–Kier alpha value is -0.890. The molecule has 1 nitrogen and oxygen atoms in total. The highest BCUT2D eigenvalue weighted by Crippen LogP contribution is 2.45. The Kier molecular flexibility index (Phi) is 2.28. The van der Waals surface area contributed by atoms with Crippen molar-refractivity contribution in [1.29, 1.82) is 0 Å². The van der Waals surface area contributed by atoms with Crippen LogP contribution < -0.4 is 5.73 Å². The van der Waals surface area contributed by atoms with E-state index in [1.54, 1.807) is 6.07 Å². The second-order valence-electron chi connectivity index (χ2n) is 5.35. The third-order valence-corrected chi connectivity index (χ3v) is 4.33. The summed E-state index contributed by atoms with van der Waals surface area (Å²) < 4.78 is 13.9. The van der Waals surface area contributed by atoms with E-state index in [2.05, 4.69) is 6.07 Å². The average molecular weight is 219 g/mol. The molecule has 2 aliphatic rings. The van der Waals surface area contributed by atoms with Crippen molar-refractivity contribution < 1.29 is 4.39 Å². The second-order valence-corrected chi connectivity index (χ2v) is 5.35. The molecule has 0 bridgehead atoms. The lowest BCUT2D eigenvalue weighted by Crippen LogP contribution is -2.41. The summed E-state index contributed by atoms with van der Waals surface area (Å²) in [4.78, 5) is 0. The van der Waals surface area contributed by atoms with Crippen molar-refractivity contribution in [3.63, 3.8) is 0 Å². The van der Waals surface area contributed by atoms with Crippen LogP contribution in [0.1, 0.15) is 49.1 Å². The fourth-order valence-electron chi connectivity index (χ4n) is 2.80. The Labute approximate surface area is 95.8 Å². The summed E-state index contributed by atoms with van der Waals surface area (Å²) in [5.74, 6) is 0.476. The van der Waals surface area contributed by atoms with Crippen LogP contribution in [0, 0.1) is 5.82 Å². The fourth-order valence-corrected chi connectivity index (χ4v) is 2.80.